The summed E-state index contributed by atoms with van der Waals surface area (Å²) in [6, 6.07) is 7.83. The fourth-order valence-corrected chi connectivity index (χ4v) is 3.32. The number of carbonyl (C=O) groups excluding carboxylic acids is 1. The van der Waals surface area contributed by atoms with E-state index in [-0.39, 0.29) is 13.1 Å². The molecule has 140 valence electrons. The van der Waals surface area contributed by atoms with Crippen LogP contribution in [0.5, 0.6) is 0 Å². The number of halogens is 3. The van der Waals surface area contributed by atoms with Crippen LogP contribution in [0, 0.1) is 6.92 Å². The smallest absolute Gasteiger partial charge is 0.337 e. The van der Waals surface area contributed by atoms with E-state index in [0.717, 1.165) is 41.8 Å². The lowest BCUT2D eigenvalue weighted by Crippen LogP contribution is -2.34. The maximum Gasteiger partial charge on any atom is 0.390 e. The van der Waals surface area contributed by atoms with Gasteiger partial charge in [-0.15, -0.1) is 0 Å². The monoisotopic (exact) mass is 365 g/mol. The fraction of sp³-hybridized carbons (Fsp3) is 0.474. The summed E-state index contributed by atoms with van der Waals surface area (Å²) in [5, 5.41) is 4.49. The summed E-state index contributed by atoms with van der Waals surface area (Å²) in [6.45, 7) is 3.56. The highest BCUT2D eigenvalue weighted by atomic mass is 19.4. The van der Waals surface area contributed by atoms with Crippen LogP contribution in [0.2, 0.25) is 0 Å². The number of amides is 1. The van der Waals surface area contributed by atoms with Gasteiger partial charge in [-0.2, -0.15) is 18.3 Å². The van der Waals surface area contributed by atoms with Crippen LogP contribution in [0.3, 0.4) is 0 Å². The van der Waals surface area contributed by atoms with Crippen LogP contribution >= 0.6 is 0 Å². The van der Waals surface area contributed by atoms with Gasteiger partial charge < -0.3 is 4.90 Å². The minimum Gasteiger partial charge on any atom is -0.337 e. The van der Waals surface area contributed by atoms with Gasteiger partial charge in [-0.3, -0.25) is 4.79 Å². The van der Waals surface area contributed by atoms with E-state index in [1.54, 1.807) is 11.6 Å². The molecule has 0 radical (unpaired) electrons. The third kappa shape index (κ3) is 3.76. The summed E-state index contributed by atoms with van der Waals surface area (Å²) in [5.74, 6) is -0.416. The Morgan fingerprint density at radius 3 is 2.54 bits per heavy atom. The van der Waals surface area contributed by atoms with E-state index in [9.17, 15) is 18.0 Å². The molecule has 1 aliphatic rings. The molecule has 1 aromatic heterocycles. The van der Waals surface area contributed by atoms with Crippen LogP contribution in [0.25, 0.3) is 5.69 Å². The summed E-state index contributed by atoms with van der Waals surface area (Å²) in [4.78, 5) is 14.1. The zero-order chi connectivity index (χ0) is 18.9. The van der Waals surface area contributed by atoms with Gasteiger partial charge in [-0.05, 0) is 45.2 Å². The van der Waals surface area contributed by atoms with Crippen molar-refractivity contribution in [1.82, 2.24) is 14.7 Å². The second-order valence-corrected chi connectivity index (χ2v) is 6.62. The highest BCUT2D eigenvalue weighted by Gasteiger charge is 2.32. The number of nitrogens with zero attached hydrogens (tertiary/aromatic N) is 3. The second-order valence-electron chi connectivity index (χ2n) is 6.62. The van der Waals surface area contributed by atoms with E-state index in [0.29, 0.717) is 5.69 Å². The van der Waals surface area contributed by atoms with Gasteiger partial charge in [0.15, 0.2) is 5.69 Å². The topological polar surface area (TPSA) is 38.1 Å². The molecule has 26 heavy (non-hydrogen) atoms. The molecule has 0 saturated heterocycles. The SMILES string of the molecule is CCN(CCC(F)(F)F)C(=O)c1nn(-c2ccc(C)cc2)c2c1CCC2. The predicted molar refractivity (Wildman–Crippen MR) is 92.6 cm³/mol. The minimum absolute atomic E-state index is 0.223. The molecule has 2 aromatic rings. The lowest BCUT2D eigenvalue weighted by atomic mass is 10.1. The average molecular weight is 365 g/mol. The van der Waals surface area contributed by atoms with Crippen LogP contribution in [-0.4, -0.2) is 39.9 Å². The Hall–Kier alpha value is -2.31. The van der Waals surface area contributed by atoms with Gasteiger partial charge in [0.2, 0.25) is 0 Å². The third-order valence-electron chi connectivity index (χ3n) is 4.75. The van der Waals surface area contributed by atoms with Crippen molar-refractivity contribution >= 4 is 5.91 Å². The van der Waals surface area contributed by atoms with Gasteiger partial charge >= 0.3 is 6.18 Å². The van der Waals surface area contributed by atoms with Crippen molar-refractivity contribution in [3.8, 4) is 5.69 Å². The maximum atomic E-state index is 12.8. The van der Waals surface area contributed by atoms with Crippen LogP contribution in [0.4, 0.5) is 13.2 Å². The lowest BCUT2D eigenvalue weighted by Gasteiger charge is -2.21. The summed E-state index contributed by atoms with van der Waals surface area (Å²) < 4.78 is 39.4. The normalized spacial score (nSPS) is 13.7. The van der Waals surface area contributed by atoms with E-state index in [2.05, 4.69) is 5.10 Å². The molecule has 1 aromatic carbocycles. The summed E-state index contributed by atoms with van der Waals surface area (Å²) in [6.07, 6.45) is -2.81. The first kappa shape index (κ1) is 18.5. The van der Waals surface area contributed by atoms with E-state index >= 15 is 0 Å². The molecule has 1 aliphatic carbocycles. The number of aryl methyl sites for hydroxylation is 1. The predicted octanol–water partition coefficient (Wildman–Crippen LogP) is 4.08. The molecule has 0 fully saturated rings. The number of hydrogen-bond donors (Lipinski definition) is 0. The molecule has 7 heteroatoms. The molecule has 0 bridgehead atoms. The van der Waals surface area contributed by atoms with E-state index in [1.165, 1.54) is 4.90 Å². The summed E-state index contributed by atoms with van der Waals surface area (Å²) >= 11 is 0. The summed E-state index contributed by atoms with van der Waals surface area (Å²) in [7, 11) is 0. The van der Waals surface area contributed by atoms with Gasteiger partial charge in [0.1, 0.15) is 0 Å². The number of fused-ring (bicyclic) bond motifs is 1. The van der Waals surface area contributed by atoms with Crippen molar-refractivity contribution in [3.05, 3.63) is 46.8 Å². The third-order valence-corrected chi connectivity index (χ3v) is 4.75. The van der Waals surface area contributed by atoms with Crippen LogP contribution < -0.4 is 0 Å². The van der Waals surface area contributed by atoms with Gasteiger partial charge in [0.05, 0.1) is 12.1 Å². The van der Waals surface area contributed by atoms with Crippen molar-refractivity contribution in [1.29, 1.82) is 0 Å². The van der Waals surface area contributed by atoms with E-state index in [4.69, 9.17) is 0 Å². The van der Waals surface area contributed by atoms with Gasteiger partial charge in [-0.25, -0.2) is 4.68 Å². The van der Waals surface area contributed by atoms with Gasteiger partial charge in [0, 0.05) is 24.3 Å². The molecule has 0 aliphatic heterocycles. The molecular weight excluding hydrogens is 343 g/mol. The average Bonchev–Trinajstić information content (AvgIpc) is 3.17. The maximum absolute atomic E-state index is 12.8. The van der Waals surface area contributed by atoms with Crippen LogP contribution in [0.15, 0.2) is 24.3 Å². The van der Waals surface area contributed by atoms with Crippen LogP contribution in [0.1, 0.15) is 47.1 Å². The molecule has 0 atom stereocenters. The number of benzene rings is 1. The molecule has 0 spiro atoms. The van der Waals surface area contributed by atoms with Gasteiger partial charge in [0.25, 0.3) is 5.91 Å². The quantitative estimate of drug-likeness (QED) is 0.801. The number of alkyl halides is 3. The second kappa shape index (κ2) is 7.13. The lowest BCUT2D eigenvalue weighted by molar-refractivity contribution is -0.136. The highest BCUT2D eigenvalue weighted by Crippen LogP contribution is 2.29. The zero-order valence-corrected chi connectivity index (χ0v) is 14.9. The van der Waals surface area contributed by atoms with Crippen LogP contribution in [-0.2, 0) is 12.8 Å². The number of aromatic nitrogens is 2. The first-order chi connectivity index (χ1) is 12.3. The van der Waals surface area contributed by atoms with Crippen molar-refractivity contribution in [2.45, 2.75) is 45.7 Å². The number of rotatable bonds is 5. The molecule has 3 rings (SSSR count). The Morgan fingerprint density at radius 1 is 1.23 bits per heavy atom. The first-order valence-electron chi connectivity index (χ1n) is 8.84. The molecular formula is C19H22F3N3O. The first-order valence-corrected chi connectivity index (χ1v) is 8.84. The molecule has 0 unspecified atom stereocenters. The fourth-order valence-electron chi connectivity index (χ4n) is 3.32. The Kier molecular flexibility index (Phi) is 5.07. The van der Waals surface area contributed by atoms with E-state index in [1.807, 2.05) is 31.2 Å². The van der Waals surface area contributed by atoms with Crippen molar-refractivity contribution in [2.24, 2.45) is 0 Å². The highest BCUT2D eigenvalue weighted by molar-refractivity contribution is 5.94. The molecule has 4 nitrogen and oxygen atoms in total. The van der Waals surface area contributed by atoms with Gasteiger partial charge in [-0.1, -0.05) is 17.7 Å². The molecule has 0 N–H and O–H groups in total. The number of carbonyl (C=O) groups is 1. The number of hydrogen-bond acceptors (Lipinski definition) is 2. The van der Waals surface area contributed by atoms with Crippen molar-refractivity contribution in [2.75, 3.05) is 13.1 Å². The Bertz CT molecular complexity index is 794. The molecule has 1 heterocycles. The Balaban J connectivity index is 1.91. The van der Waals surface area contributed by atoms with Crippen molar-refractivity contribution in [3.63, 3.8) is 0 Å². The molecule has 0 saturated carbocycles. The molecule has 1 amide bonds. The minimum atomic E-state index is -4.28. The van der Waals surface area contributed by atoms with E-state index < -0.39 is 18.5 Å². The van der Waals surface area contributed by atoms with Crippen molar-refractivity contribution < 1.29 is 18.0 Å². The standard InChI is InChI=1S/C19H22F3N3O/c1-3-24(12-11-19(20,21)22)18(26)17-15-5-4-6-16(15)25(23-17)14-9-7-13(2)8-10-14/h7-10H,3-6,11-12H2,1-2H3. The Labute approximate surface area is 150 Å². The summed E-state index contributed by atoms with van der Waals surface area (Å²) in [5.41, 5.74) is 4.15. The largest absolute Gasteiger partial charge is 0.390 e. The Morgan fingerprint density at radius 2 is 1.92 bits per heavy atom. The zero-order valence-electron chi connectivity index (χ0n) is 14.9.